The van der Waals surface area contributed by atoms with Crippen LogP contribution in [0.1, 0.15) is 31.2 Å². The molecule has 4 nitrogen and oxygen atoms in total. The molecular weight excluding hydrogens is 292 g/mol. The Kier molecular flexibility index (Phi) is 5.05. The number of benzene rings is 1. The molecule has 1 saturated heterocycles. The molecule has 0 amide bonds. The lowest BCUT2D eigenvalue weighted by Gasteiger charge is -2.41. The van der Waals surface area contributed by atoms with Crippen LogP contribution in [-0.2, 0) is 6.54 Å². The maximum absolute atomic E-state index is 4.55. The molecular formula is C17H24N4S. The lowest BCUT2D eigenvalue weighted by atomic mass is 10.1. The number of nitrogens with zero attached hydrogens (tertiary/aromatic N) is 4. The first-order valence-electron chi connectivity index (χ1n) is 8.09. The fraction of sp³-hybridized carbons (Fsp3) is 0.529. The molecule has 1 aromatic carbocycles. The number of aryl methyl sites for hydroxylation is 1. The molecule has 0 N–H and O–H groups in total. The van der Waals surface area contributed by atoms with Gasteiger partial charge >= 0.3 is 0 Å². The van der Waals surface area contributed by atoms with Crippen LogP contribution in [0.4, 0.5) is 5.13 Å². The molecule has 0 saturated carbocycles. The molecule has 2 aromatic rings. The molecule has 22 heavy (non-hydrogen) atoms. The average molecular weight is 316 g/mol. The molecule has 3 rings (SSSR count). The van der Waals surface area contributed by atoms with E-state index in [1.165, 1.54) is 29.9 Å². The zero-order valence-corrected chi connectivity index (χ0v) is 14.2. The van der Waals surface area contributed by atoms with Gasteiger partial charge in [-0.25, -0.2) is 4.98 Å². The van der Waals surface area contributed by atoms with Gasteiger partial charge in [-0.05, 0) is 18.9 Å². The largest absolute Gasteiger partial charge is 0.344 e. The van der Waals surface area contributed by atoms with E-state index in [4.69, 9.17) is 0 Å². The van der Waals surface area contributed by atoms with Crippen molar-refractivity contribution in [1.82, 2.24) is 14.3 Å². The van der Waals surface area contributed by atoms with Crippen molar-refractivity contribution in [3.05, 3.63) is 41.7 Å². The highest BCUT2D eigenvalue weighted by Gasteiger charge is 2.27. The third-order valence-electron chi connectivity index (χ3n) is 4.24. The van der Waals surface area contributed by atoms with Crippen LogP contribution in [0, 0.1) is 6.92 Å². The fourth-order valence-electron chi connectivity index (χ4n) is 3.11. The lowest BCUT2D eigenvalue weighted by molar-refractivity contribution is 0.159. The lowest BCUT2D eigenvalue weighted by Crippen LogP contribution is -2.52. The number of aromatic nitrogens is 2. The summed E-state index contributed by atoms with van der Waals surface area (Å²) in [6.07, 6.45) is 2.46. The predicted octanol–water partition coefficient (Wildman–Crippen LogP) is 3.34. The molecule has 0 aliphatic carbocycles. The maximum atomic E-state index is 4.55. The average Bonchev–Trinajstić information content (AvgIpc) is 2.97. The smallest absolute Gasteiger partial charge is 0.205 e. The topological polar surface area (TPSA) is 32.3 Å². The summed E-state index contributed by atoms with van der Waals surface area (Å²) in [6, 6.07) is 11.4. The Labute approximate surface area is 137 Å². The van der Waals surface area contributed by atoms with E-state index in [0.29, 0.717) is 6.04 Å². The molecule has 1 fully saturated rings. The van der Waals surface area contributed by atoms with Crippen molar-refractivity contribution in [2.75, 3.05) is 24.5 Å². The van der Waals surface area contributed by atoms with Crippen LogP contribution in [-0.4, -0.2) is 39.9 Å². The normalized spacial score (nSPS) is 19.5. The minimum atomic E-state index is 0.600. The van der Waals surface area contributed by atoms with E-state index in [9.17, 15) is 0 Å². The van der Waals surface area contributed by atoms with Crippen LogP contribution in [0.2, 0.25) is 0 Å². The molecule has 1 unspecified atom stereocenters. The molecule has 2 heterocycles. The van der Waals surface area contributed by atoms with Gasteiger partial charge in [0.15, 0.2) is 0 Å². The molecule has 0 spiro atoms. The van der Waals surface area contributed by atoms with Gasteiger partial charge in [-0.3, -0.25) is 4.90 Å². The van der Waals surface area contributed by atoms with Crippen molar-refractivity contribution >= 4 is 16.7 Å². The van der Waals surface area contributed by atoms with E-state index >= 15 is 0 Å². The first-order chi connectivity index (χ1) is 10.8. The Morgan fingerprint density at radius 3 is 2.73 bits per heavy atom. The SMILES string of the molecule is CCCC1CN(c2nc(C)ns2)CCN1Cc1ccccc1. The van der Waals surface area contributed by atoms with Crippen LogP contribution in [0.15, 0.2) is 30.3 Å². The van der Waals surface area contributed by atoms with Crippen LogP contribution >= 0.6 is 11.5 Å². The highest BCUT2D eigenvalue weighted by molar-refractivity contribution is 7.09. The Morgan fingerprint density at radius 1 is 1.23 bits per heavy atom. The first kappa shape index (κ1) is 15.4. The second-order valence-corrected chi connectivity index (χ2v) is 6.70. The second-order valence-electron chi connectivity index (χ2n) is 5.97. The van der Waals surface area contributed by atoms with Gasteiger partial charge in [-0.1, -0.05) is 43.7 Å². The molecule has 118 valence electrons. The molecule has 0 bridgehead atoms. The summed E-state index contributed by atoms with van der Waals surface area (Å²) in [5.74, 6) is 0.888. The molecule has 1 aliphatic rings. The summed E-state index contributed by atoms with van der Waals surface area (Å²) in [7, 11) is 0. The summed E-state index contributed by atoms with van der Waals surface area (Å²) in [5.41, 5.74) is 1.41. The van der Waals surface area contributed by atoms with Gasteiger partial charge in [0, 0.05) is 43.8 Å². The summed E-state index contributed by atoms with van der Waals surface area (Å²) in [5, 5.41) is 1.08. The Hall–Kier alpha value is -1.46. The summed E-state index contributed by atoms with van der Waals surface area (Å²) >= 11 is 1.53. The van der Waals surface area contributed by atoms with Crippen LogP contribution in [0.25, 0.3) is 0 Å². The van der Waals surface area contributed by atoms with E-state index < -0.39 is 0 Å². The van der Waals surface area contributed by atoms with E-state index in [-0.39, 0.29) is 0 Å². The van der Waals surface area contributed by atoms with Crippen molar-refractivity contribution < 1.29 is 0 Å². The first-order valence-corrected chi connectivity index (χ1v) is 8.87. The zero-order chi connectivity index (χ0) is 15.4. The number of hydrogen-bond donors (Lipinski definition) is 0. The number of anilines is 1. The van der Waals surface area contributed by atoms with Crippen molar-refractivity contribution in [2.24, 2.45) is 0 Å². The highest BCUT2D eigenvalue weighted by Crippen LogP contribution is 2.24. The summed E-state index contributed by atoms with van der Waals surface area (Å²) in [6.45, 7) is 8.49. The molecule has 0 radical (unpaired) electrons. The van der Waals surface area contributed by atoms with Crippen molar-refractivity contribution in [2.45, 2.75) is 39.3 Å². The van der Waals surface area contributed by atoms with Crippen LogP contribution in [0.5, 0.6) is 0 Å². The van der Waals surface area contributed by atoms with Gasteiger partial charge in [0.1, 0.15) is 5.82 Å². The maximum Gasteiger partial charge on any atom is 0.205 e. The van der Waals surface area contributed by atoms with E-state index in [1.807, 2.05) is 6.92 Å². The Bertz CT molecular complexity index is 583. The van der Waals surface area contributed by atoms with E-state index in [0.717, 1.165) is 37.1 Å². The summed E-state index contributed by atoms with van der Waals surface area (Å²) < 4.78 is 4.32. The predicted molar refractivity (Wildman–Crippen MR) is 92.4 cm³/mol. The van der Waals surface area contributed by atoms with Crippen molar-refractivity contribution in [1.29, 1.82) is 0 Å². The van der Waals surface area contributed by atoms with Crippen molar-refractivity contribution in [3.63, 3.8) is 0 Å². The fourth-order valence-corrected chi connectivity index (χ4v) is 3.82. The monoisotopic (exact) mass is 316 g/mol. The second kappa shape index (κ2) is 7.20. The zero-order valence-electron chi connectivity index (χ0n) is 13.4. The summed E-state index contributed by atoms with van der Waals surface area (Å²) in [4.78, 5) is 9.59. The number of piperazine rings is 1. The third kappa shape index (κ3) is 3.65. The molecule has 1 aliphatic heterocycles. The Morgan fingerprint density at radius 2 is 2.05 bits per heavy atom. The number of hydrogen-bond acceptors (Lipinski definition) is 5. The van der Waals surface area contributed by atoms with Crippen molar-refractivity contribution in [3.8, 4) is 0 Å². The Balaban J connectivity index is 1.68. The van der Waals surface area contributed by atoms with Gasteiger partial charge in [0.05, 0.1) is 0 Å². The molecule has 1 atom stereocenters. The van der Waals surface area contributed by atoms with Gasteiger partial charge in [-0.2, -0.15) is 4.37 Å². The standard InChI is InChI=1S/C17H24N4S/c1-3-7-16-13-21(17-18-14(2)19-22-17)11-10-20(16)12-15-8-5-4-6-9-15/h4-6,8-9,16H,3,7,10-13H2,1-2H3. The quantitative estimate of drug-likeness (QED) is 0.847. The van der Waals surface area contributed by atoms with Gasteiger partial charge in [0.2, 0.25) is 5.13 Å². The minimum absolute atomic E-state index is 0.600. The number of rotatable bonds is 5. The van der Waals surface area contributed by atoms with Gasteiger partial charge in [-0.15, -0.1) is 0 Å². The van der Waals surface area contributed by atoms with E-state index in [1.54, 1.807) is 0 Å². The minimum Gasteiger partial charge on any atom is -0.344 e. The third-order valence-corrected chi connectivity index (χ3v) is 5.11. The molecule has 5 heteroatoms. The molecule has 1 aromatic heterocycles. The van der Waals surface area contributed by atoms with Crippen LogP contribution < -0.4 is 4.90 Å². The van der Waals surface area contributed by atoms with E-state index in [2.05, 4.69) is 56.4 Å². The van der Waals surface area contributed by atoms with Crippen LogP contribution in [0.3, 0.4) is 0 Å². The van der Waals surface area contributed by atoms with Gasteiger partial charge < -0.3 is 4.90 Å². The van der Waals surface area contributed by atoms with Gasteiger partial charge in [0.25, 0.3) is 0 Å². The highest BCUT2D eigenvalue weighted by atomic mass is 32.1.